The molecule has 0 radical (unpaired) electrons. The Morgan fingerprint density at radius 2 is 1.66 bits per heavy atom. The third kappa shape index (κ3) is 6.63. The Morgan fingerprint density at radius 1 is 0.895 bits per heavy atom. The Labute approximate surface area is 223 Å². The number of nitrogens with one attached hydrogen (secondary N) is 1. The summed E-state index contributed by atoms with van der Waals surface area (Å²) in [5.41, 5.74) is 4.10. The monoisotopic (exact) mass is 516 g/mol. The number of nitrogens with zero attached hydrogens (tertiary/aromatic N) is 7. The van der Waals surface area contributed by atoms with Crippen LogP contribution >= 0.6 is 0 Å². The molecular weight excluding hydrogens is 480 g/mol. The van der Waals surface area contributed by atoms with Crippen molar-refractivity contribution in [2.24, 2.45) is 0 Å². The first-order chi connectivity index (χ1) is 18.6. The summed E-state index contributed by atoms with van der Waals surface area (Å²) in [6, 6.07) is 12.4. The normalized spacial score (nSPS) is 20.5. The van der Waals surface area contributed by atoms with Gasteiger partial charge in [-0.25, -0.2) is 15.0 Å². The average Bonchev–Trinajstić information content (AvgIpc) is 2.94. The number of likely N-dealkylation sites (N-methyl/N-ethyl adjacent to an activating group) is 1. The zero-order valence-corrected chi connectivity index (χ0v) is 22.0. The van der Waals surface area contributed by atoms with Crippen molar-refractivity contribution in [3.8, 4) is 11.1 Å². The molecule has 8 rings (SSSR count). The second kappa shape index (κ2) is 12.3. The minimum absolute atomic E-state index is 0.0883. The fraction of sp³-hybridized carbons (Fsp3) is 0.429. The Balaban J connectivity index is 1.42. The van der Waals surface area contributed by atoms with Gasteiger partial charge in [0.15, 0.2) is 0 Å². The number of carbonyl (C=O) groups excluding carboxylic acids is 1. The lowest BCUT2D eigenvalue weighted by atomic mass is 10.1. The van der Waals surface area contributed by atoms with Crippen LogP contribution in [-0.2, 0) is 11.3 Å². The Bertz CT molecular complexity index is 1210. The van der Waals surface area contributed by atoms with E-state index in [1.807, 2.05) is 36.5 Å². The standard InChI is InChI=1S/C28H36N8O2/c1-33-9-14-36(8-3-15-37)28-30-18-24(19-31-28)23-6-7-29-26(17-23)32-25-5-2-4-22(16-25)20-34-10-12-35(13-11-34)21-27(33)38/h2,4-7,16-19,37H,3,8-15,20-21H2,1H3,(H,29,32). The molecule has 0 aliphatic carbocycles. The molecule has 0 atom stereocenters. The van der Waals surface area contributed by atoms with Crippen LogP contribution in [0.5, 0.6) is 0 Å². The predicted molar refractivity (Wildman–Crippen MR) is 148 cm³/mol. The highest BCUT2D eigenvalue weighted by molar-refractivity contribution is 5.78. The first kappa shape index (κ1) is 26.0. The number of aliphatic hydroxyl groups is 1. The van der Waals surface area contributed by atoms with Crippen LogP contribution in [0, 0.1) is 0 Å². The van der Waals surface area contributed by atoms with E-state index in [0.29, 0.717) is 38.5 Å². The smallest absolute Gasteiger partial charge is 0.236 e. The molecular formula is C28H36N8O2. The van der Waals surface area contributed by atoms with E-state index in [0.717, 1.165) is 55.4 Å². The van der Waals surface area contributed by atoms with E-state index in [2.05, 4.69) is 54.3 Å². The van der Waals surface area contributed by atoms with E-state index in [9.17, 15) is 9.90 Å². The van der Waals surface area contributed by atoms with Crippen LogP contribution in [0.3, 0.4) is 0 Å². The van der Waals surface area contributed by atoms with Crippen molar-refractivity contribution < 1.29 is 9.90 Å². The molecule has 5 aliphatic rings. The molecule has 1 fully saturated rings. The zero-order chi connectivity index (χ0) is 26.3. The highest BCUT2D eigenvalue weighted by atomic mass is 16.3. The number of hydrogen-bond donors (Lipinski definition) is 2. The molecule has 7 heterocycles. The molecule has 0 saturated carbocycles. The van der Waals surface area contributed by atoms with Gasteiger partial charge in [-0.2, -0.15) is 0 Å². The lowest BCUT2D eigenvalue weighted by Gasteiger charge is -2.35. The van der Waals surface area contributed by atoms with Crippen molar-refractivity contribution in [1.82, 2.24) is 29.7 Å². The maximum absolute atomic E-state index is 13.0. The summed E-state index contributed by atoms with van der Waals surface area (Å²) in [7, 11) is 1.85. The molecule has 1 aromatic carbocycles. The van der Waals surface area contributed by atoms with Gasteiger partial charge in [0.05, 0.1) is 6.54 Å². The minimum atomic E-state index is 0.0883. The fourth-order valence-corrected chi connectivity index (χ4v) is 4.85. The molecule has 1 saturated heterocycles. The Morgan fingerprint density at radius 3 is 2.42 bits per heavy atom. The van der Waals surface area contributed by atoms with Gasteiger partial charge in [0.2, 0.25) is 11.9 Å². The lowest BCUT2D eigenvalue weighted by molar-refractivity contribution is -0.131. The molecule has 1 amide bonds. The molecule has 3 aromatic rings. The van der Waals surface area contributed by atoms with Gasteiger partial charge < -0.3 is 20.2 Å². The predicted octanol–water partition coefficient (Wildman–Crippen LogP) is 2.06. The maximum Gasteiger partial charge on any atom is 0.236 e. The fourth-order valence-electron chi connectivity index (χ4n) is 4.85. The number of piperazine rings is 1. The lowest BCUT2D eigenvalue weighted by Crippen LogP contribution is -2.50. The highest BCUT2D eigenvalue weighted by Gasteiger charge is 2.21. The maximum atomic E-state index is 13.0. The molecule has 5 aliphatic heterocycles. The second-order valence-electron chi connectivity index (χ2n) is 9.96. The van der Waals surface area contributed by atoms with Gasteiger partial charge in [0, 0.05) is 95.9 Å². The molecule has 0 unspecified atom stereocenters. The van der Waals surface area contributed by atoms with Gasteiger partial charge in [-0.05, 0) is 41.8 Å². The number of benzene rings is 1. The number of aromatic nitrogens is 3. The van der Waals surface area contributed by atoms with Gasteiger partial charge in [-0.3, -0.25) is 14.6 Å². The third-order valence-corrected chi connectivity index (χ3v) is 7.16. The van der Waals surface area contributed by atoms with E-state index in [1.165, 1.54) is 5.56 Å². The number of rotatable bonds is 3. The van der Waals surface area contributed by atoms with Crippen LogP contribution in [0.1, 0.15) is 12.0 Å². The molecule has 10 nitrogen and oxygen atoms in total. The van der Waals surface area contributed by atoms with Crippen molar-refractivity contribution in [3.05, 3.63) is 60.6 Å². The van der Waals surface area contributed by atoms with Crippen LogP contribution < -0.4 is 10.2 Å². The van der Waals surface area contributed by atoms with Gasteiger partial charge in [0.25, 0.3) is 0 Å². The zero-order valence-electron chi connectivity index (χ0n) is 22.0. The molecule has 38 heavy (non-hydrogen) atoms. The highest BCUT2D eigenvalue weighted by Crippen LogP contribution is 2.24. The largest absolute Gasteiger partial charge is 0.396 e. The summed E-state index contributed by atoms with van der Waals surface area (Å²) >= 11 is 0. The van der Waals surface area contributed by atoms with E-state index in [1.54, 1.807) is 11.1 Å². The van der Waals surface area contributed by atoms with Gasteiger partial charge in [0.1, 0.15) is 5.82 Å². The third-order valence-electron chi connectivity index (χ3n) is 7.16. The van der Waals surface area contributed by atoms with E-state index < -0.39 is 0 Å². The average molecular weight is 517 g/mol. The van der Waals surface area contributed by atoms with Crippen LogP contribution in [0.25, 0.3) is 11.1 Å². The second-order valence-corrected chi connectivity index (χ2v) is 9.96. The number of anilines is 3. The number of hydrogen-bond acceptors (Lipinski definition) is 9. The van der Waals surface area contributed by atoms with Crippen molar-refractivity contribution in [1.29, 1.82) is 0 Å². The molecule has 2 aromatic heterocycles. The topological polar surface area (TPSA) is 101 Å². The summed E-state index contributed by atoms with van der Waals surface area (Å²) in [6.07, 6.45) is 6.02. The van der Waals surface area contributed by atoms with E-state index in [-0.39, 0.29) is 12.5 Å². The van der Waals surface area contributed by atoms with Crippen molar-refractivity contribution in [2.75, 3.05) is 76.2 Å². The summed E-state index contributed by atoms with van der Waals surface area (Å²) in [4.78, 5) is 35.2. The molecule has 8 bridgehead atoms. The first-order valence-corrected chi connectivity index (χ1v) is 13.3. The SMILES string of the molecule is CN1CCN(CCCO)c2ncc(cn2)-c2ccnc(c2)Nc2cccc(c2)CN2CCN(CC2)CC1=O. The number of pyridine rings is 1. The van der Waals surface area contributed by atoms with Gasteiger partial charge in [-0.15, -0.1) is 0 Å². The summed E-state index contributed by atoms with van der Waals surface area (Å²) in [5, 5.41) is 12.8. The molecule has 200 valence electrons. The Hall–Kier alpha value is -3.60. The van der Waals surface area contributed by atoms with Crippen molar-refractivity contribution >= 4 is 23.4 Å². The van der Waals surface area contributed by atoms with E-state index >= 15 is 0 Å². The Kier molecular flexibility index (Phi) is 8.42. The van der Waals surface area contributed by atoms with Gasteiger partial charge in [-0.1, -0.05) is 12.1 Å². The number of carbonyl (C=O) groups is 1. The van der Waals surface area contributed by atoms with Crippen LogP contribution in [0.2, 0.25) is 0 Å². The van der Waals surface area contributed by atoms with Crippen LogP contribution in [-0.4, -0.2) is 107 Å². The number of aliphatic hydroxyl groups excluding tert-OH is 1. The van der Waals surface area contributed by atoms with Crippen LogP contribution in [0.15, 0.2) is 55.0 Å². The number of amides is 1. The molecule has 0 spiro atoms. The minimum Gasteiger partial charge on any atom is -0.396 e. The van der Waals surface area contributed by atoms with E-state index in [4.69, 9.17) is 0 Å². The van der Waals surface area contributed by atoms with Gasteiger partial charge >= 0.3 is 0 Å². The van der Waals surface area contributed by atoms with Crippen molar-refractivity contribution in [2.45, 2.75) is 13.0 Å². The van der Waals surface area contributed by atoms with Crippen molar-refractivity contribution in [3.63, 3.8) is 0 Å². The summed E-state index contributed by atoms with van der Waals surface area (Å²) in [6.45, 7) is 6.76. The summed E-state index contributed by atoms with van der Waals surface area (Å²) in [5.74, 6) is 1.47. The molecule has 10 heteroatoms. The molecule has 2 N–H and O–H groups in total. The summed E-state index contributed by atoms with van der Waals surface area (Å²) < 4.78 is 0. The van der Waals surface area contributed by atoms with Crippen LogP contribution in [0.4, 0.5) is 17.5 Å². The first-order valence-electron chi connectivity index (χ1n) is 13.3. The quantitative estimate of drug-likeness (QED) is 0.542.